The molecular formula is C24H27ClFN3O4. The van der Waals surface area contributed by atoms with E-state index in [1.54, 1.807) is 17.2 Å². The summed E-state index contributed by atoms with van der Waals surface area (Å²) in [5, 5.41) is 10.2. The number of hydrogen-bond acceptors (Lipinski definition) is 4. The van der Waals surface area contributed by atoms with Crippen molar-refractivity contribution in [2.45, 2.75) is 45.4 Å². The van der Waals surface area contributed by atoms with Gasteiger partial charge >= 0.3 is 5.97 Å². The standard InChI is InChI=1S/C24H26FN3O4.ClH/c1-24(2,23(30)31)32-12-9-21(29)27-11-8-18-19-7-4-10-26-22(19)28(20(18)15-27)14-16-5-3-6-17(25)13-16;/h3-7,10,13H,8-9,11-12,14-15H2,1-2H3,(H,30,31);1H. The van der Waals surface area contributed by atoms with E-state index in [1.165, 1.54) is 26.0 Å². The van der Waals surface area contributed by atoms with Gasteiger partial charge in [0.15, 0.2) is 5.60 Å². The summed E-state index contributed by atoms with van der Waals surface area (Å²) in [6.45, 7) is 4.41. The van der Waals surface area contributed by atoms with E-state index in [-0.39, 0.29) is 37.2 Å². The maximum Gasteiger partial charge on any atom is 0.335 e. The highest BCUT2D eigenvalue weighted by Gasteiger charge is 2.30. The topological polar surface area (TPSA) is 84.7 Å². The molecule has 1 amide bonds. The SMILES string of the molecule is CC(C)(OCCC(=O)N1CCc2c(n(Cc3cccc(F)c3)c3ncccc23)C1)C(=O)O.Cl. The van der Waals surface area contributed by atoms with Crippen molar-refractivity contribution in [3.05, 3.63) is 65.2 Å². The van der Waals surface area contributed by atoms with Gasteiger partial charge in [-0.1, -0.05) is 12.1 Å². The van der Waals surface area contributed by atoms with Crippen molar-refractivity contribution in [2.75, 3.05) is 13.2 Å². The molecule has 7 nitrogen and oxygen atoms in total. The Morgan fingerprint density at radius 2 is 2.03 bits per heavy atom. The van der Waals surface area contributed by atoms with E-state index in [0.717, 1.165) is 27.9 Å². The summed E-state index contributed by atoms with van der Waals surface area (Å²) in [6, 6.07) is 10.4. The first-order valence-electron chi connectivity index (χ1n) is 10.6. The van der Waals surface area contributed by atoms with Crippen molar-refractivity contribution >= 4 is 35.3 Å². The Morgan fingerprint density at radius 3 is 2.76 bits per heavy atom. The molecule has 1 aliphatic rings. The fourth-order valence-electron chi connectivity index (χ4n) is 4.07. The van der Waals surface area contributed by atoms with Crippen LogP contribution < -0.4 is 0 Å². The number of amides is 1. The first kappa shape index (κ1) is 24.7. The fourth-order valence-corrected chi connectivity index (χ4v) is 4.07. The lowest BCUT2D eigenvalue weighted by Crippen LogP contribution is -2.39. The Balaban J connectivity index is 0.00000306. The summed E-state index contributed by atoms with van der Waals surface area (Å²) in [7, 11) is 0. The third-order valence-corrected chi connectivity index (χ3v) is 5.89. The minimum absolute atomic E-state index is 0. The van der Waals surface area contributed by atoms with Gasteiger partial charge in [0.2, 0.25) is 5.91 Å². The molecule has 33 heavy (non-hydrogen) atoms. The van der Waals surface area contributed by atoms with Gasteiger partial charge < -0.3 is 19.3 Å². The van der Waals surface area contributed by atoms with Gasteiger partial charge in [-0.05, 0) is 55.7 Å². The van der Waals surface area contributed by atoms with Crippen LogP contribution in [0.4, 0.5) is 4.39 Å². The number of carboxylic acid groups (broad SMARTS) is 1. The smallest absolute Gasteiger partial charge is 0.335 e. The van der Waals surface area contributed by atoms with E-state index in [0.29, 0.717) is 26.1 Å². The summed E-state index contributed by atoms with van der Waals surface area (Å²) in [4.78, 5) is 30.3. The van der Waals surface area contributed by atoms with Gasteiger partial charge in [-0.3, -0.25) is 4.79 Å². The van der Waals surface area contributed by atoms with Crippen molar-refractivity contribution in [3.8, 4) is 0 Å². The highest BCUT2D eigenvalue weighted by atomic mass is 35.5. The van der Waals surface area contributed by atoms with Crippen molar-refractivity contribution in [1.29, 1.82) is 0 Å². The summed E-state index contributed by atoms with van der Waals surface area (Å²) in [6.07, 6.45) is 2.54. The van der Waals surface area contributed by atoms with Gasteiger partial charge in [-0.15, -0.1) is 12.4 Å². The molecule has 0 aliphatic carbocycles. The lowest BCUT2D eigenvalue weighted by molar-refractivity contribution is -0.162. The summed E-state index contributed by atoms with van der Waals surface area (Å²) in [5.74, 6) is -1.45. The van der Waals surface area contributed by atoms with Crippen molar-refractivity contribution in [2.24, 2.45) is 0 Å². The molecule has 0 saturated carbocycles. The first-order chi connectivity index (χ1) is 15.3. The molecule has 0 fully saturated rings. The molecule has 1 aliphatic heterocycles. The van der Waals surface area contributed by atoms with Crippen LogP contribution in [0.25, 0.3) is 11.0 Å². The second-order valence-corrected chi connectivity index (χ2v) is 8.50. The Bertz CT molecular complexity index is 1180. The van der Waals surface area contributed by atoms with E-state index in [1.807, 2.05) is 18.2 Å². The number of ether oxygens (including phenoxy) is 1. The van der Waals surface area contributed by atoms with Gasteiger partial charge in [0.05, 0.1) is 19.6 Å². The van der Waals surface area contributed by atoms with Crippen LogP contribution in [-0.2, 0) is 33.8 Å². The van der Waals surface area contributed by atoms with Crippen LogP contribution >= 0.6 is 12.4 Å². The number of pyridine rings is 1. The maximum atomic E-state index is 13.7. The average molecular weight is 476 g/mol. The third-order valence-electron chi connectivity index (χ3n) is 5.89. The molecule has 0 saturated heterocycles. The molecule has 0 spiro atoms. The van der Waals surface area contributed by atoms with Crippen molar-refractivity contribution < 1.29 is 23.8 Å². The van der Waals surface area contributed by atoms with Gasteiger partial charge in [0.1, 0.15) is 11.5 Å². The highest BCUT2D eigenvalue weighted by molar-refractivity contribution is 5.85. The van der Waals surface area contributed by atoms with Crippen LogP contribution in [0.5, 0.6) is 0 Å². The molecule has 9 heteroatoms. The molecule has 4 rings (SSSR count). The number of rotatable bonds is 7. The largest absolute Gasteiger partial charge is 0.479 e. The molecular weight excluding hydrogens is 449 g/mol. The number of carbonyl (C=O) groups excluding carboxylic acids is 1. The molecule has 0 radical (unpaired) electrons. The molecule has 176 valence electrons. The number of hydrogen-bond donors (Lipinski definition) is 1. The number of fused-ring (bicyclic) bond motifs is 3. The number of benzene rings is 1. The van der Waals surface area contributed by atoms with E-state index in [9.17, 15) is 14.0 Å². The van der Waals surface area contributed by atoms with Gasteiger partial charge in [-0.25, -0.2) is 14.2 Å². The van der Waals surface area contributed by atoms with Crippen LogP contribution in [0.3, 0.4) is 0 Å². The lowest BCUT2D eigenvalue weighted by atomic mass is 10.0. The molecule has 0 atom stereocenters. The number of nitrogens with zero attached hydrogens (tertiary/aromatic N) is 3. The summed E-state index contributed by atoms with van der Waals surface area (Å²) >= 11 is 0. The molecule has 0 unspecified atom stereocenters. The van der Waals surface area contributed by atoms with Gasteiger partial charge in [0, 0.05) is 30.4 Å². The second kappa shape index (κ2) is 9.89. The Morgan fingerprint density at radius 1 is 1.24 bits per heavy atom. The maximum absolute atomic E-state index is 13.7. The predicted molar refractivity (Wildman–Crippen MR) is 124 cm³/mol. The zero-order valence-electron chi connectivity index (χ0n) is 18.6. The zero-order chi connectivity index (χ0) is 22.9. The Hall–Kier alpha value is -2.97. The van der Waals surface area contributed by atoms with Crippen LogP contribution in [0.2, 0.25) is 0 Å². The first-order valence-corrected chi connectivity index (χ1v) is 10.6. The minimum Gasteiger partial charge on any atom is -0.479 e. The molecule has 1 N–H and O–H groups in total. The van der Waals surface area contributed by atoms with Crippen molar-refractivity contribution in [1.82, 2.24) is 14.5 Å². The highest BCUT2D eigenvalue weighted by Crippen LogP contribution is 2.31. The number of aromatic nitrogens is 2. The Kier molecular flexibility index (Phi) is 7.39. The van der Waals surface area contributed by atoms with Crippen LogP contribution in [-0.4, -0.2) is 50.2 Å². The van der Waals surface area contributed by atoms with Gasteiger partial charge in [-0.2, -0.15) is 0 Å². The minimum atomic E-state index is -1.33. The summed E-state index contributed by atoms with van der Waals surface area (Å²) < 4.78 is 21.2. The van der Waals surface area contributed by atoms with E-state index in [4.69, 9.17) is 9.84 Å². The Labute approximate surface area is 197 Å². The monoisotopic (exact) mass is 475 g/mol. The zero-order valence-corrected chi connectivity index (χ0v) is 19.4. The fraction of sp³-hybridized carbons (Fsp3) is 0.375. The van der Waals surface area contributed by atoms with Crippen LogP contribution in [0.1, 0.15) is 37.1 Å². The molecule has 3 heterocycles. The number of halogens is 2. The quantitative estimate of drug-likeness (QED) is 0.562. The average Bonchev–Trinajstić information content (AvgIpc) is 3.06. The molecule has 2 aromatic heterocycles. The molecule has 0 bridgehead atoms. The van der Waals surface area contributed by atoms with Crippen LogP contribution in [0.15, 0.2) is 42.6 Å². The normalized spacial score (nSPS) is 13.5. The second-order valence-electron chi connectivity index (χ2n) is 8.50. The van der Waals surface area contributed by atoms with E-state index >= 15 is 0 Å². The van der Waals surface area contributed by atoms with E-state index in [2.05, 4.69) is 9.55 Å². The number of carbonyl (C=O) groups is 2. The number of aliphatic carboxylic acids is 1. The predicted octanol–water partition coefficient (Wildman–Crippen LogP) is 3.80. The third kappa shape index (κ3) is 5.17. The lowest BCUT2D eigenvalue weighted by Gasteiger charge is -2.29. The number of carboxylic acids is 1. The summed E-state index contributed by atoms with van der Waals surface area (Å²) in [5.41, 5.74) is 2.47. The molecule has 1 aromatic carbocycles. The van der Waals surface area contributed by atoms with Gasteiger partial charge in [0.25, 0.3) is 0 Å². The molecule has 3 aromatic rings. The van der Waals surface area contributed by atoms with E-state index < -0.39 is 11.6 Å². The van der Waals surface area contributed by atoms with Crippen LogP contribution in [0, 0.1) is 5.82 Å². The van der Waals surface area contributed by atoms with Crippen molar-refractivity contribution in [3.63, 3.8) is 0 Å².